The summed E-state index contributed by atoms with van der Waals surface area (Å²) in [6.45, 7) is 0. The fourth-order valence-corrected chi connectivity index (χ4v) is 5.44. The Hall–Kier alpha value is -2.17. The zero-order valence-electron chi connectivity index (χ0n) is 16.5. The number of hydrogen-bond acceptors (Lipinski definition) is 5. The van der Waals surface area contributed by atoms with E-state index < -0.39 is 21.7 Å². The van der Waals surface area contributed by atoms with Crippen molar-refractivity contribution in [2.75, 3.05) is 24.9 Å². The van der Waals surface area contributed by atoms with Crippen LogP contribution >= 0.6 is 23.4 Å². The van der Waals surface area contributed by atoms with Crippen LogP contribution in [0.4, 0.5) is 13.2 Å². The Labute approximate surface area is 187 Å². The molecule has 1 heterocycles. The lowest BCUT2D eigenvalue weighted by atomic mass is 10.1. The monoisotopic (exact) mass is 490 g/mol. The molecule has 0 unspecified atom stereocenters. The van der Waals surface area contributed by atoms with Crippen LogP contribution in [-0.2, 0) is 16.0 Å². The first kappa shape index (κ1) is 23.5. The van der Waals surface area contributed by atoms with Gasteiger partial charge in [0.15, 0.2) is 15.5 Å². The molecule has 0 radical (unpaired) electrons. The van der Waals surface area contributed by atoms with Crippen molar-refractivity contribution >= 4 is 33.2 Å². The van der Waals surface area contributed by atoms with E-state index in [-0.39, 0.29) is 21.4 Å². The molecular formula is C20H18ClF3N2O3S2. The summed E-state index contributed by atoms with van der Waals surface area (Å²) >= 11 is 7.54. The van der Waals surface area contributed by atoms with Gasteiger partial charge in [0.25, 0.3) is 0 Å². The van der Waals surface area contributed by atoms with Crippen molar-refractivity contribution < 1.29 is 26.3 Å². The van der Waals surface area contributed by atoms with Crippen molar-refractivity contribution in [2.24, 2.45) is 0 Å². The maximum absolute atomic E-state index is 13.3. The van der Waals surface area contributed by atoms with Crippen molar-refractivity contribution in [3.63, 3.8) is 0 Å². The molecule has 0 N–H and O–H groups in total. The van der Waals surface area contributed by atoms with Crippen LogP contribution in [0.1, 0.15) is 5.69 Å². The first-order valence-electron chi connectivity index (χ1n) is 8.90. The normalized spacial score (nSPS) is 12.2. The van der Waals surface area contributed by atoms with Crippen molar-refractivity contribution in [2.45, 2.75) is 11.1 Å². The molecule has 0 saturated carbocycles. The second-order valence-electron chi connectivity index (χ2n) is 6.48. The number of alkyl halides is 3. The molecule has 0 bridgehead atoms. The van der Waals surface area contributed by atoms with Gasteiger partial charge < -0.3 is 4.74 Å². The van der Waals surface area contributed by atoms with Gasteiger partial charge in [-0.25, -0.2) is 13.1 Å². The Kier molecular flexibility index (Phi) is 6.92. The molecule has 0 atom stereocenters. The van der Waals surface area contributed by atoms with Crippen LogP contribution in [0.5, 0.6) is 5.75 Å². The van der Waals surface area contributed by atoms with Crippen molar-refractivity contribution in [3.8, 4) is 22.7 Å². The molecule has 0 amide bonds. The van der Waals surface area contributed by atoms with Gasteiger partial charge in [-0.2, -0.15) is 30.0 Å². The summed E-state index contributed by atoms with van der Waals surface area (Å²) in [4.78, 5) is 0.111. The minimum atomic E-state index is -4.66. The van der Waals surface area contributed by atoms with Gasteiger partial charge >= 0.3 is 6.18 Å². The van der Waals surface area contributed by atoms with Gasteiger partial charge in [0.05, 0.1) is 34.2 Å². The molecule has 0 aliphatic rings. The highest BCUT2D eigenvalue weighted by Gasteiger charge is 2.35. The van der Waals surface area contributed by atoms with Crippen molar-refractivity contribution in [1.82, 2.24) is 9.78 Å². The molecule has 3 aromatic rings. The molecule has 166 valence electrons. The van der Waals surface area contributed by atoms with Crippen molar-refractivity contribution in [3.05, 3.63) is 59.2 Å². The first-order valence-corrected chi connectivity index (χ1v) is 12.3. The molecule has 0 aliphatic carbocycles. The molecular weight excluding hydrogens is 473 g/mol. The minimum Gasteiger partial charge on any atom is -0.495 e. The number of benzene rings is 2. The third-order valence-corrected chi connectivity index (χ3v) is 7.34. The van der Waals surface area contributed by atoms with E-state index in [0.717, 1.165) is 10.7 Å². The second kappa shape index (κ2) is 9.13. The van der Waals surface area contributed by atoms with Crippen molar-refractivity contribution in [1.29, 1.82) is 0 Å². The lowest BCUT2D eigenvalue weighted by molar-refractivity contribution is -0.141. The van der Waals surface area contributed by atoms with Crippen LogP contribution in [0.2, 0.25) is 5.02 Å². The SMILES string of the molecule is COc1ccc(-n2nc(C(F)(F)F)cc2-c2ccc(S(=O)(=O)CCSC)cc2)cc1Cl. The highest BCUT2D eigenvalue weighted by atomic mass is 35.5. The molecule has 0 aliphatic heterocycles. The van der Waals surface area contributed by atoms with Crippen LogP contribution < -0.4 is 4.74 Å². The van der Waals surface area contributed by atoms with E-state index in [2.05, 4.69) is 5.10 Å². The molecule has 11 heteroatoms. The number of methoxy groups -OCH3 is 1. The molecule has 2 aromatic carbocycles. The number of nitrogens with zero attached hydrogens (tertiary/aromatic N) is 2. The second-order valence-corrected chi connectivity index (χ2v) is 9.98. The molecule has 1 aromatic heterocycles. The van der Waals surface area contributed by atoms with E-state index in [9.17, 15) is 21.6 Å². The highest BCUT2D eigenvalue weighted by molar-refractivity contribution is 8.00. The summed E-state index contributed by atoms with van der Waals surface area (Å²) in [6, 6.07) is 11.1. The Morgan fingerprint density at radius 1 is 1.13 bits per heavy atom. The Morgan fingerprint density at radius 3 is 2.35 bits per heavy atom. The van der Waals surface area contributed by atoms with Crippen LogP contribution in [0, 0.1) is 0 Å². The maximum atomic E-state index is 13.3. The number of hydrogen-bond donors (Lipinski definition) is 0. The fraction of sp³-hybridized carbons (Fsp3) is 0.250. The number of sulfone groups is 1. The number of thioether (sulfide) groups is 1. The molecule has 3 rings (SSSR count). The minimum absolute atomic E-state index is 0.0198. The lowest BCUT2D eigenvalue weighted by Gasteiger charge is -2.11. The number of ether oxygens (including phenoxy) is 1. The van der Waals surface area contributed by atoms with E-state index in [4.69, 9.17) is 16.3 Å². The summed E-state index contributed by atoms with van der Waals surface area (Å²) < 4.78 is 70.9. The third-order valence-electron chi connectivity index (χ3n) is 4.45. The quantitative estimate of drug-likeness (QED) is 0.446. The fourth-order valence-electron chi connectivity index (χ4n) is 2.85. The van der Waals surface area contributed by atoms with Crippen LogP contribution in [-0.4, -0.2) is 43.1 Å². The Bertz CT molecular complexity index is 1180. The van der Waals surface area contributed by atoms with Crippen LogP contribution in [0.25, 0.3) is 16.9 Å². The summed E-state index contributed by atoms with van der Waals surface area (Å²) in [6.07, 6.45) is -2.85. The summed E-state index contributed by atoms with van der Waals surface area (Å²) in [5, 5.41) is 3.92. The van der Waals surface area contributed by atoms with Gasteiger partial charge in [0.2, 0.25) is 0 Å². The summed E-state index contributed by atoms with van der Waals surface area (Å²) in [5.41, 5.74) is -0.264. The topological polar surface area (TPSA) is 61.2 Å². The van der Waals surface area contributed by atoms with Gasteiger partial charge in [-0.15, -0.1) is 0 Å². The first-order chi connectivity index (χ1) is 14.6. The Morgan fingerprint density at radius 2 is 1.81 bits per heavy atom. The van der Waals surface area contributed by atoms with E-state index in [0.29, 0.717) is 22.8 Å². The van der Waals surface area contributed by atoms with Gasteiger partial charge in [-0.05, 0) is 42.7 Å². The Balaban J connectivity index is 2.08. The predicted octanol–water partition coefficient (Wildman–Crippen LogP) is 5.36. The van der Waals surface area contributed by atoms with Gasteiger partial charge in [0, 0.05) is 11.3 Å². The number of rotatable bonds is 7. The van der Waals surface area contributed by atoms with Gasteiger partial charge in [-0.1, -0.05) is 23.7 Å². The molecule has 5 nitrogen and oxygen atoms in total. The summed E-state index contributed by atoms with van der Waals surface area (Å²) in [5.74, 6) is 0.799. The average Bonchev–Trinajstić information content (AvgIpc) is 3.18. The standard InChI is InChI=1S/C20H18ClF3N2O3S2/c1-29-18-8-5-14(11-16(18)21)26-17(12-19(25-26)20(22,23)24)13-3-6-15(7-4-13)31(27,28)10-9-30-2/h3-8,11-12H,9-10H2,1-2H3. The maximum Gasteiger partial charge on any atom is 0.435 e. The van der Waals surface area contributed by atoms with Crippen LogP contribution in [0.3, 0.4) is 0 Å². The summed E-state index contributed by atoms with van der Waals surface area (Å²) in [7, 11) is -2.04. The largest absolute Gasteiger partial charge is 0.495 e. The number of halogens is 4. The van der Waals surface area contributed by atoms with E-state index in [1.165, 1.54) is 61.3 Å². The average molecular weight is 491 g/mol. The lowest BCUT2D eigenvalue weighted by Crippen LogP contribution is -2.08. The van der Waals surface area contributed by atoms with E-state index >= 15 is 0 Å². The zero-order valence-corrected chi connectivity index (χ0v) is 18.9. The molecule has 31 heavy (non-hydrogen) atoms. The zero-order chi connectivity index (χ0) is 22.8. The van der Waals surface area contributed by atoms with Gasteiger partial charge in [-0.3, -0.25) is 0 Å². The van der Waals surface area contributed by atoms with E-state index in [1.54, 1.807) is 0 Å². The van der Waals surface area contributed by atoms with E-state index in [1.807, 2.05) is 6.26 Å². The van der Waals surface area contributed by atoms with Gasteiger partial charge in [0.1, 0.15) is 5.75 Å². The highest BCUT2D eigenvalue weighted by Crippen LogP contribution is 2.35. The number of aromatic nitrogens is 2. The smallest absolute Gasteiger partial charge is 0.435 e. The molecule has 0 spiro atoms. The molecule has 0 saturated heterocycles. The van der Waals surface area contributed by atoms with Crippen LogP contribution in [0.15, 0.2) is 53.4 Å². The third kappa shape index (κ3) is 5.19. The predicted molar refractivity (Wildman–Crippen MR) is 116 cm³/mol. The molecule has 0 fully saturated rings.